The van der Waals surface area contributed by atoms with Crippen LogP contribution in [0.3, 0.4) is 0 Å². The van der Waals surface area contributed by atoms with Gasteiger partial charge in [0, 0.05) is 17.4 Å². The lowest BCUT2D eigenvalue weighted by Gasteiger charge is -2.09. The molecular formula is C16H22Cl2N4O3S. The quantitative estimate of drug-likeness (QED) is 0.621. The third-order valence-electron chi connectivity index (χ3n) is 3.18. The highest BCUT2D eigenvalue weighted by Gasteiger charge is 2.13. The second-order valence-electron chi connectivity index (χ2n) is 5.47. The van der Waals surface area contributed by atoms with Gasteiger partial charge in [0.15, 0.2) is 5.13 Å². The lowest BCUT2D eigenvalue weighted by atomic mass is 10.2. The molecule has 0 radical (unpaired) electrons. The highest BCUT2D eigenvalue weighted by molar-refractivity contribution is 7.13. The molecule has 0 saturated carbocycles. The minimum atomic E-state index is -0.248. The molecule has 0 aliphatic heterocycles. The number of amides is 2. The van der Waals surface area contributed by atoms with E-state index in [1.165, 1.54) is 11.3 Å². The highest BCUT2D eigenvalue weighted by atomic mass is 35.5. The maximum Gasteiger partial charge on any atom is 0.230 e. The summed E-state index contributed by atoms with van der Waals surface area (Å²) >= 11 is 1.29. The smallest absolute Gasteiger partial charge is 0.230 e. The first-order valence-corrected chi connectivity index (χ1v) is 8.25. The van der Waals surface area contributed by atoms with Crippen LogP contribution >= 0.6 is 36.2 Å². The zero-order valence-electron chi connectivity index (χ0n) is 14.6. The maximum absolute atomic E-state index is 12.1. The largest absolute Gasteiger partial charge is 0.497 e. The van der Waals surface area contributed by atoms with E-state index in [1.807, 2.05) is 0 Å². The summed E-state index contributed by atoms with van der Waals surface area (Å²) < 4.78 is 5.11. The number of halogens is 2. The predicted molar refractivity (Wildman–Crippen MR) is 110 cm³/mol. The van der Waals surface area contributed by atoms with Gasteiger partial charge in [-0.2, -0.15) is 0 Å². The first kappa shape index (κ1) is 24.0. The second kappa shape index (κ2) is 10.8. The molecule has 1 heterocycles. The molecule has 2 aromatic rings. The fourth-order valence-corrected chi connectivity index (χ4v) is 2.54. The molecule has 7 nitrogen and oxygen atoms in total. The highest BCUT2D eigenvalue weighted by Crippen LogP contribution is 2.24. The van der Waals surface area contributed by atoms with Gasteiger partial charge in [0.05, 0.1) is 30.6 Å². The number of methoxy groups -OCH3 is 1. The van der Waals surface area contributed by atoms with Crippen LogP contribution in [0.2, 0.25) is 0 Å². The van der Waals surface area contributed by atoms with Gasteiger partial charge in [0.2, 0.25) is 11.8 Å². The molecule has 144 valence electrons. The van der Waals surface area contributed by atoms with E-state index in [1.54, 1.807) is 44.5 Å². The minimum Gasteiger partial charge on any atom is -0.497 e. The molecule has 0 fully saturated rings. The number of nitrogen functional groups attached to an aromatic ring is 1. The van der Waals surface area contributed by atoms with Gasteiger partial charge in [-0.15, -0.1) is 36.2 Å². The number of nitrogens with two attached hydrogens (primary N) is 1. The minimum absolute atomic E-state index is 0. The number of carbonyl (C=O) groups is 2. The van der Waals surface area contributed by atoms with Crippen molar-refractivity contribution in [3.8, 4) is 5.75 Å². The Labute approximate surface area is 168 Å². The molecule has 26 heavy (non-hydrogen) atoms. The second-order valence-corrected chi connectivity index (χ2v) is 6.32. The van der Waals surface area contributed by atoms with Gasteiger partial charge in [-0.25, -0.2) is 4.98 Å². The zero-order valence-corrected chi connectivity index (χ0v) is 17.0. The molecule has 10 heteroatoms. The van der Waals surface area contributed by atoms with Crippen molar-refractivity contribution in [2.24, 2.45) is 5.92 Å². The monoisotopic (exact) mass is 420 g/mol. The summed E-state index contributed by atoms with van der Waals surface area (Å²) in [5, 5.41) is 7.67. The van der Waals surface area contributed by atoms with Crippen molar-refractivity contribution in [3.05, 3.63) is 29.3 Å². The molecule has 2 rings (SSSR count). The van der Waals surface area contributed by atoms with E-state index in [9.17, 15) is 9.59 Å². The molecule has 0 aliphatic rings. The van der Waals surface area contributed by atoms with E-state index in [-0.39, 0.29) is 49.0 Å². The molecule has 0 bridgehead atoms. The molecule has 0 saturated heterocycles. The van der Waals surface area contributed by atoms with Crippen LogP contribution in [0.5, 0.6) is 5.75 Å². The number of nitrogens with zero attached hydrogens (tertiary/aromatic N) is 1. The Morgan fingerprint density at radius 1 is 1.27 bits per heavy atom. The molecule has 0 spiro atoms. The van der Waals surface area contributed by atoms with Crippen LogP contribution in [-0.2, 0) is 16.0 Å². The molecular weight excluding hydrogens is 399 g/mol. The lowest BCUT2D eigenvalue weighted by molar-refractivity contribution is -0.119. The summed E-state index contributed by atoms with van der Waals surface area (Å²) in [4.78, 5) is 28.0. The van der Waals surface area contributed by atoms with Crippen molar-refractivity contribution in [1.82, 2.24) is 4.98 Å². The van der Waals surface area contributed by atoms with Crippen molar-refractivity contribution in [2.45, 2.75) is 20.3 Å². The van der Waals surface area contributed by atoms with Crippen LogP contribution < -0.4 is 21.1 Å². The molecule has 0 aliphatic carbocycles. The van der Waals surface area contributed by atoms with Crippen LogP contribution in [0.4, 0.5) is 16.5 Å². The van der Waals surface area contributed by atoms with E-state index in [0.29, 0.717) is 27.9 Å². The number of anilines is 3. The Morgan fingerprint density at radius 3 is 2.58 bits per heavy atom. The summed E-state index contributed by atoms with van der Waals surface area (Å²) in [6.07, 6.45) is 0.0880. The first-order chi connectivity index (χ1) is 11.4. The number of carbonyl (C=O) groups excluding carboxylic acids is 2. The van der Waals surface area contributed by atoms with Crippen LogP contribution in [0.15, 0.2) is 23.6 Å². The molecule has 1 aromatic carbocycles. The van der Waals surface area contributed by atoms with Crippen LogP contribution in [0.1, 0.15) is 19.5 Å². The summed E-state index contributed by atoms with van der Waals surface area (Å²) in [5.41, 5.74) is 7.36. The van der Waals surface area contributed by atoms with Crippen molar-refractivity contribution >= 4 is 64.5 Å². The number of ether oxygens (including phenoxy) is 1. The fraction of sp³-hybridized carbons (Fsp3) is 0.312. The van der Waals surface area contributed by atoms with Gasteiger partial charge in [0.1, 0.15) is 5.75 Å². The van der Waals surface area contributed by atoms with E-state index >= 15 is 0 Å². The van der Waals surface area contributed by atoms with Gasteiger partial charge < -0.3 is 21.1 Å². The average molecular weight is 421 g/mol. The Hall–Kier alpha value is -2.03. The van der Waals surface area contributed by atoms with E-state index in [0.717, 1.165) is 0 Å². The molecule has 0 unspecified atom stereocenters. The van der Waals surface area contributed by atoms with E-state index in [2.05, 4.69) is 15.6 Å². The van der Waals surface area contributed by atoms with Crippen molar-refractivity contribution in [3.63, 3.8) is 0 Å². The standard InChI is InChI=1S/C16H20N4O3S.2ClH/c1-9(2)15(22)20-16-18-10(8-24-16)6-14(21)19-13-7-11(23-3)4-5-12(13)17;;/h4-5,7-9H,6,17H2,1-3H3,(H,19,21)(H,18,20,22);2*1H. The summed E-state index contributed by atoms with van der Waals surface area (Å²) in [6, 6.07) is 5.04. The van der Waals surface area contributed by atoms with Crippen molar-refractivity contribution in [1.29, 1.82) is 0 Å². The third kappa shape index (κ3) is 6.70. The van der Waals surface area contributed by atoms with Gasteiger partial charge in [-0.1, -0.05) is 13.8 Å². The zero-order chi connectivity index (χ0) is 17.7. The summed E-state index contributed by atoms with van der Waals surface area (Å²) in [6.45, 7) is 3.60. The van der Waals surface area contributed by atoms with Gasteiger partial charge in [-0.3, -0.25) is 9.59 Å². The van der Waals surface area contributed by atoms with Crippen LogP contribution in [0.25, 0.3) is 0 Å². The van der Waals surface area contributed by atoms with E-state index < -0.39 is 0 Å². The average Bonchev–Trinajstić information content (AvgIpc) is 2.96. The Kier molecular flexibility index (Phi) is 10.0. The first-order valence-electron chi connectivity index (χ1n) is 7.37. The van der Waals surface area contributed by atoms with E-state index in [4.69, 9.17) is 10.5 Å². The molecule has 4 N–H and O–H groups in total. The maximum atomic E-state index is 12.1. The van der Waals surface area contributed by atoms with Crippen molar-refractivity contribution < 1.29 is 14.3 Å². The number of hydrogen-bond acceptors (Lipinski definition) is 6. The lowest BCUT2D eigenvalue weighted by Crippen LogP contribution is -2.18. The normalized spacial score (nSPS) is 9.69. The molecule has 1 aromatic heterocycles. The Bertz CT molecular complexity index is 753. The SMILES string of the molecule is COc1ccc(N)c(NC(=O)Cc2csc(NC(=O)C(C)C)n2)c1.Cl.Cl. The van der Waals surface area contributed by atoms with Gasteiger partial charge in [-0.05, 0) is 12.1 Å². The van der Waals surface area contributed by atoms with Crippen LogP contribution in [0, 0.1) is 5.92 Å². The number of thiazole rings is 1. The summed E-state index contributed by atoms with van der Waals surface area (Å²) in [5.74, 6) is 0.120. The Balaban J connectivity index is 0.00000312. The number of nitrogens with one attached hydrogen (secondary N) is 2. The molecule has 0 atom stereocenters. The number of aromatic nitrogens is 1. The number of hydrogen-bond donors (Lipinski definition) is 3. The van der Waals surface area contributed by atoms with Crippen molar-refractivity contribution in [2.75, 3.05) is 23.5 Å². The van der Waals surface area contributed by atoms with Crippen LogP contribution in [-0.4, -0.2) is 23.9 Å². The van der Waals surface area contributed by atoms with Gasteiger partial charge in [0.25, 0.3) is 0 Å². The third-order valence-corrected chi connectivity index (χ3v) is 3.99. The molecule has 2 amide bonds. The predicted octanol–water partition coefficient (Wildman–Crippen LogP) is 3.35. The number of benzene rings is 1. The fourth-order valence-electron chi connectivity index (χ4n) is 1.82. The Morgan fingerprint density at radius 2 is 1.96 bits per heavy atom. The topological polar surface area (TPSA) is 106 Å². The number of rotatable bonds is 6. The summed E-state index contributed by atoms with van der Waals surface area (Å²) in [7, 11) is 1.54. The van der Waals surface area contributed by atoms with Gasteiger partial charge >= 0.3 is 0 Å².